The van der Waals surface area contributed by atoms with Gasteiger partial charge in [0.1, 0.15) is 0 Å². The zero-order chi connectivity index (χ0) is 17.9. The summed E-state index contributed by atoms with van der Waals surface area (Å²) in [6.45, 7) is 0.622. The van der Waals surface area contributed by atoms with Gasteiger partial charge < -0.3 is 16.0 Å². The molecule has 0 heterocycles. The number of hydrogen-bond acceptors (Lipinski definition) is 3. The highest BCUT2D eigenvalue weighted by molar-refractivity contribution is 5.94. The average Bonchev–Trinajstić information content (AvgIpc) is 2.47. The first kappa shape index (κ1) is 18.6. The molecule has 1 fully saturated rings. The molecule has 0 radical (unpaired) electrons. The smallest absolute Gasteiger partial charge is 0.382 e. The van der Waals surface area contributed by atoms with Gasteiger partial charge in [0.15, 0.2) is 0 Å². The molecular formula is C17H24F3N3O. The largest absolute Gasteiger partial charge is 0.391 e. The van der Waals surface area contributed by atoms with Gasteiger partial charge in [-0.3, -0.25) is 4.79 Å². The van der Waals surface area contributed by atoms with E-state index in [-0.39, 0.29) is 18.9 Å². The van der Waals surface area contributed by atoms with E-state index in [1.165, 1.54) is 0 Å². The summed E-state index contributed by atoms with van der Waals surface area (Å²) < 4.78 is 38.9. The maximum absolute atomic E-state index is 13.0. The Morgan fingerprint density at radius 3 is 2.62 bits per heavy atom. The zero-order valence-corrected chi connectivity index (χ0v) is 14.0. The van der Waals surface area contributed by atoms with E-state index in [2.05, 4.69) is 5.32 Å². The van der Waals surface area contributed by atoms with Crippen molar-refractivity contribution >= 4 is 11.6 Å². The number of nitrogens with one attached hydrogen (secondary N) is 1. The average molecular weight is 343 g/mol. The molecule has 1 saturated carbocycles. The molecule has 0 bridgehead atoms. The Kier molecular flexibility index (Phi) is 5.74. The summed E-state index contributed by atoms with van der Waals surface area (Å²) >= 11 is 0. The first-order chi connectivity index (χ1) is 11.2. The van der Waals surface area contributed by atoms with E-state index in [1.54, 1.807) is 18.2 Å². The Balaban J connectivity index is 2.20. The Bertz CT molecular complexity index is 587. The molecule has 2 rings (SSSR count). The number of carbonyl (C=O) groups excluding carboxylic acids is 1. The molecule has 0 unspecified atom stereocenters. The number of rotatable bonds is 5. The Morgan fingerprint density at radius 2 is 2.04 bits per heavy atom. The van der Waals surface area contributed by atoms with Crippen molar-refractivity contribution in [1.29, 1.82) is 0 Å². The third-order valence-corrected chi connectivity index (χ3v) is 4.38. The van der Waals surface area contributed by atoms with Crippen LogP contribution in [0.25, 0.3) is 0 Å². The zero-order valence-electron chi connectivity index (χ0n) is 14.0. The summed E-state index contributed by atoms with van der Waals surface area (Å²) in [6.07, 6.45) is -2.67. The van der Waals surface area contributed by atoms with Crippen molar-refractivity contribution in [1.82, 2.24) is 4.90 Å². The lowest BCUT2D eigenvalue weighted by Gasteiger charge is -2.32. The van der Waals surface area contributed by atoms with Crippen molar-refractivity contribution in [2.24, 2.45) is 11.7 Å². The molecule has 0 spiro atoms. The SMILES string of the molecule is CN(C)Cc1ccc(C(N)=O)cc1N[C@H]1CCC[C@@H](C(F)(F)F)C1. The molecule has 0 aromatic heterocycles. The fraction of sp³-hybridized carbons (Fsp3) is 0.588. The van der Waals surface area contributed by atoms with Crippen LogP contribution in [-0.4, -0.2) is 37.1 Å². The van der Waals surface area contributed by atoms with Crippen LogP contribution in [0.2, 0.25) is 0 Å². The van der Waals surface area contributed by atoms with Crippen molar-refractivity contribution in [2.75, 3.05) is 19.4 Å². The van der Waals surface area contributed by atoms with Crippen LogP contribution in [0, 0.1) is 5.92 Å². The van der Waals surface area contributed by atoms with Gasteiger partial charge in [0, 0.05) is 23.8 Å². The first-order valence-corrected chi connectivity index (χ1v) is 8.07. The summed E-state index contributed by atoms with van der Waals surface area (Å²) in [7, 11) is 3.82. The number of halogens is 3. The lowest BCUT2D eigenvalue weighted by atomic mass is 9.85. The van der Waals surface area contributed by atoms with E-state index in [4.69, 9.17) is 5.73 Å². The van der Waals surface area contributed by atoms with Gasteiger partial charge >= 0.3 is 6.18 Å². The number of carbonyl (C=O) groups is 1. The van der Waals surface area contributed by atoms with Crippen LogP contribution >= 0.6 is 0 Å². The van der Waals surface area contributed by atoms with Gasteiger partial charge in [0.2, 0.25) is 5.91 Å². The van der Waals surface area contributed by atoms with Crippen LogP contribution in [0.3, 0.4) is 0 Å². The minimum atomic E-state index is -4.15. The number of nitrogens with zero attached hydrogens (tertiary/aromatic N) is 1. The molecule has 4 nitrogen and oxygen atoms in total. The van der Waals surface area contributed by atoms with Crippen molar-refractivity contribution in [2.45, 2.75) is 44.4 Å². The Labute approximate surface area is 140 Å². The molecule has 134 valence electrons. The van der Waals surface area contributed by atoms with Crippen LogP contribution in [0.4, 0.5) is 18.9 Å². The summed E-state index contributed by atoms with van der Waals surface area (Å²) in [5.41, 5.74) is 7.29. The summed E-state index contributed by atoms with van der Waals surface area (Å²) in [5.74, 6) is -1.81. The molecule has 1 aromatic carbocycles. The standard InChI is InChI=1S/C17H24F3N3O/c1-23(2)10-12-7-6-11(16(21)24)8-15(12)22-14-5-3-4-13(9-14)17(18,19)20/h6-8,13-14,22H,3-5,9-10H2,1-2H3,(H2,21,24)/t13-,14+/m1/s1. The van der Waals surface area contributed by atoms with Crippen molar-refractivity contribution in [3.63, 3.8) is 0 Å². The number of primary amides is 1. The van der Waals surface area contributed by atoms with Crippen LogP contribution in [0.1, 0.15) is 41.6 Å². The van der Waals surface area contributed by atoms with Crippen LogP contribution in [0.15, 0.2) is 18.2 Å². The predicted octanol–water partition coefficient (Wildman–Crippen LogP) is 3.38. The van der Waals surface area contributed by atoms with Gasteiger partial charge in [-0.1, -0.05) is 12.5 Å². The molecule has 0 saturated heterocycles. The number of nitrogens with two attached hydrogens (primary N) is 1. The van der Waals surface area contributed by atoms with Crippen molar-refractivity contribution in [3.05, 3.63) is 29.3 Å². The maximum atomic E-state index is 13.0. The van der Waals surface area contributed by atoms with Gasteiger partial charge in [-0.15, -0.1) is 0 Å². The molecule has 7 heteroatoms. The summed E-state index contributed by atoms with van der Waals surface area (Å²) in [4.78, 5) is 13.4. The van der Waals surface area contributed by atoms with E-state index in [0.29, 0.717) is 30.6 Å². The van der Waals surface area contributed by atoms with Crippen molar-refractivity contribution in [3.8, 4) is 0 Å². The fourth-order valence-corrected chi connectivity index (χ4v) is 3.18. The number of anilines is 1. The predicted molar refractivity (Wildman–Crippen MR) is 87.8 cm³/mol. The third kappa shape index (κ3) is 4.87. The number of hydrogen-bond donors (Lipinski definition) is 2. The van der Waals surface area contributed by atoms with Gasteiger partial charge in [0.05, 0.1) is 5.92 Å². The molecule has 3 N–H and O–H groups in total. The van der Waals surface area contributed by atoms with E-state index >= 15 is 0 Å². The highest BCUT2D eigenvalue weighted by atomic mass is 19.4. The van der Waals surface area contributed by atoms with Gasteiger partial charge in [-0.25, -0.2) is 0 Å². The topological polar surface area (TPSA) is 58.4 Å². The monoisotopic (exact) mass is 343 g/mol. The molecular weight excluding hydrogens is 319 g/mol. The Hall–Kier alpha value is -1.76. The maximum Gasteiger partial charge on any atom is 0.391 e. The minimum absolute atomic E-state index is 0.0612. The quantitative estimate of drug-likeness (QED) is 0.862. The molecule has 1 aliphatic rings. The molecule has 24 heavy (non-hydrogen) atoms. The second kappa shape index (κ2) is 7.42. The van der Waals surface area contributed by atoms with E-state index in [0.717, 1.165) is 5.56 Å². The molecule has 0 aliphatic heterocycles. The first-order valence-electron chi connectivity index (χ1n) is 8.07. The van der Waals surface area contributed by atoms with Gasteiger partial charge in [-0.2, -0.15) is 13.2 Å². The molecule has 1 aliphatic carbocycles. The lowest BCUT2D eigenvalue weighted by Crippen LogP contribution is -2.35. The van der Waals surface area contributed by atoms with Gasteiger partial charge in [0.25, 0.3) is 0 Å². The highest BCUT2D eigenvalue weighted by Gasteiger charge is 2.42. The second-order valence-electron chi connectivity index (χ2n) is 6.72. The normalized spacial score (nSPS) is 21.8. The lowest BCUT2D eigenvalue weighted by molar-refractivity contribution is -0.182. The van der Waals surface area contributed by atoms with Crippen molar-refractivity contribution < 1.29 is 18.0 Å². The number of benzene rings is 1. The highest BCUT2D eigenvalue weighted by Crippen LogP contribution is 2.38. The number of amides is 1. The molecule has 1 amide bonds. The van der Waals surface area contributed by atoms with E-state index < -0.39 is 18.0 Å². The van der Waals surface area contributed by atoms with Crippen LogP contribution in [0.5, 0.6) is 0 Å². The fourth-order valence-electron chi connectivity index (χ4n) is 3.18. The third-order valence-electron chi connectivity index (χ3n) is 4.38. The molecule has 2 atom stereocenters. The van der Waals surface area contributed by atoms with Crippen LogP contribution < -0.4 is 11.1 Å². The summed E-state index contributed by atoms with van der Waals surface area (Å²) in [6, 6.07) is 4.82. The number of alkyl halides is 3. The van der Waals surface area contributed by atoms with E-state index in [1.807, 2.05) is 19.0 Å². The minimum Gasteiger partial charge on any atom is -0.382 e. The molecule has 1 aromatic rings. The van der Waals surface area contributed by atoms with E-state index in [9.17, 15) is 18.0 Å². The van der Waals surface area contributed by atoms with Gasteiger partial charge in [-0.05, 0) is 51.1 Å². The summed E-state index contributed by atoms with van der Waals surface area (Å²) in [5, 5.41) is 3.22. The van der Waals surface area contributed by atoms with Crippen LogP contribution in [-0.2, 0) is 6.54 Å². The second-order valence-corrected chi connectivity index (χ2v) is 6.72. The Morgan fingerprint density at radius 1 is 1.33 bits per heavy atom.